The highest BCUT2D eigenvalue weighted by Gasteiger charge is 2.41. The molecule has 0 saturated heterocycles. The molecule has 0 fully saturated rings. The summed E-state index contributed by atoms with van der Waals surface area (Å²) in [5.41, 5.74) is 1.24. The fourth-order valence-corrected chi connectivity index (χ4v) is 11.8. The Balaban J connectivity index is 1.45. The highest BCUT2D eigenvalue weighted by molar-refractivity contribution is 7.75. The highest BCUT2D eigenvalue weighted by atomic mass is 35.5. The van der Waals surface area contributed by atoms with Gasteiger partial charge in [0.15, 0.2) is 0 Å². The van der Waals surface area contributed by atoms with E-state index in [1.165, 1.54) is 37.6 Å². The van der Waals surface area contributed by atoms with Crippen molar-refractivity contribution in [3.05, 3.63) is 169 Å². The molecule has 0 radical (unpaired) electrons. The first-order valence-electron chi connectivity index (χ1n) is 14.2. The molecule has 0 aliphatic carbocycles. The van der Waals surface area contributed by atoms with E-state index in [0.29, 0.717) is 0 Å². The van der Waals surface area contributed by atoms with Crippen molar-refractivity contribution in [2.75, 3.05) is 6.16 Å². The molecule has 1 unspecified atom stereocenters. The summed E-state index contributed by atoms with van der Waals surface area (Å²) >= 11 is 8.19. The van der Waals surface area contributed by atoms with E-state index < -0.39 is 20.5 Å². The molecule has 41 heavy (non-hydrogen) atoms. The van der Waals surface area contributed by atoms with Gasteiger partial charge in [0.1, 0.15) is 0 Å². The lowest BCUT2D eigenvalue weighted by molar-refractivity contribution is 0.727. The van der Waals surface area contributed by atoms with Gasteiger partial charge in [-0.1, -0.05) is 164 Å². The highest BCUT2D eigenvalue weighted by Crippen LogP contribution is 2.61. The summed E-state index contributed by atoms with van der Waals surface area (Å²) in [5, 5.41) is 7.95. The Labute approximate surface area is 251 Å². The zero-order valence-electron chi connectivity index (χ0n) is 23.0. The summed E-state index contributed by atoms with van der Waals surface area (Å²) in [6.45, 7) is 0. The fourth-order valence-electron chi connectivity index (χ4n) is 5.73. The van der Waals surface area contributed by atoms with E-state index in [0.717, 1.165) is 19.0 Å². The topological polar surface area (TPSA) is 0 Å². The van der Waals surface area contributed by atoms with Crippen molar-refractivity contribution in [2.24, 2.45) is 0 Å². The first-order chi connectivity index (χ1) is 20.2. The van der Waals surface area contributed by atoms with Crippen LogP contribution in [0.1, 0.15) is 18.4 Å². The minimum atomic E-state index is -0.913. The number of rotatable bonds is 10. The zero-order chi connectivity index (χ0) is 27.9. The SMILES string of the molecule is ClC(CCCP(c1ccccc1)c1ccccc1)(c1cccc2ccccc12)P(c1ccccc1)c1ccccc1. The standard InChI is InChI=1S/C38H33ClP2/c39-38(37-28-15-18-31-17-13-14-27-36(31)37,41(34-23-9-3-10-24-34)35-25-11-4-12-26-35)29-16-30-40(32-19-5-1-6-20-32)33-21-7-2-8-22-33/h1-15,17-28H,16,29-30H2. The van der Waals surface area contributed by atoms with Crippen LogP contribution in [0.3, 0.4) is 0 Å². The van der Waals surface area contributed by atoms with Crippen molar-refractivity contribution < 1.29 is 0 Å². The largest absolute Gasteiger partial charge is 0.108 e. The molecule has 0 saturated carbocycles. The molecule has 6 aromatic carbocycles. The Hall–Kier alpha value is -3.27. The Morgan fingerprint density at radius 2 is 0.902 bits per heavy atom. The molecule has 202 valence electrons. The molecule has 0 N–H and O–H groups in total. The molecule has 0 bridgehead atoms. The number of hydrogen-bond acceptors (Lipinski definition) is 0. The van der Waals surface area contributed by atoms with Crippen LogP contribution in [0.5, 0.6) is 0 Å². The van der Waals surface area contributed by atoms with E-state index in [-0.39, 0.29) is 0 Å². The summed E-state index contributed by atoms with van der Waals surface area (Å²) in [4.78, 5) is 0. The van der Waals surface area contributed by atoms with Gasteiger partial charge in [0.05, 0.1) is 4.62 Å². The Bertz CT molecular complexity index is 1590. The molecule has 0 spiro atoms. The van der Waals surface area contributed by atoms with Crippen LogP contribution in [-0.2, 0) is 4.62 Å². The predicted molar refractivity (Wildman–Crippen MR) is 184 cm³/mol. The molecule has 0 heterocycles. The Morgan fingerprint density at radius 1 is 0.463 bits per heavy atom. The van der Waals surface area contributed by atoms with Gasteiger partial charge in [-0.05, 0) is 72.4 Å². The second-order valence-corrected chi connectivity index (χ2v) is 15.9. The van der Waals surface area contributed by atoms with Crippen LogP contribution >= 0.6 is 27.4 Å². The third-order valence-corrected chi connectivity index (χ3v) is 13.9. The Morgan fingerprint density at radius 3 is 1.44 bits per heavy atom. The average Bonchev–Trinajstić information content (AvgIpc) is 3.05. The van der Waals surface area contributed by atoms with Crippen LogP contribution in [0.2, 0.25) is 0 Å². The van der Waals surface area contributed by atoms with Crippen LogP contribution in [0.15, 0.2) is 164 Å². The lowest BCUT2D eigenvalue weighted by atomic mass is 9.99. The number of fused-ring (bicyclic) bond motifs is 1. The number of halogens is 1. The summed E-state index contributed by atoms with van der Waals surface area (Å²) < 4.78 is -0.576. The van der Waals surface area contributed by atoms with Gasteiger partial charge in [0.25, 0.3) is 0 Å². The molecule has 0 amide bonds. The lowest BCUT2D eigenvalue weighted by Gasteiger charge is -2.38. The quantitative estimate of drug-likeness (QED) is 0.111. The molecule has 0 nitrogen and oxygen atoms in total. The van der Waals surface area contributed by atoms with Crippen molar-refractivity contribution in [2.45, 2.75) is 17.5 Å². The van der Waals surface area contributed by atoms with Crippen LogP contribution in [0.4, 0.5) is 0 Å². The average molecular weight is 587 g/mol. The van der Waals surface area contributed by atoms with Gasteiger partial charge in [-0.3, -0.25) is 0 Å². The minimum Gasteiger partial charge on any atom is -0.108 e. The summed E-state index contributed by atoms with van der Waals surface area (Å²) in [6.07, 6.45) is 3.01. The van der Waals surface area contributed by atoms with Crippen molar-refractivity contribution in [1.29, 1.82) is 0 Å². The van der Waals surface area contributed by atoms with E-state index in [1.54, 1.807) is 0 Å². The molecular weight excluding hydrogens is 554 g/mol. The third-order valence-electron chi connectivity index (χ3n) is 7.61. The minimum absolute atomic E-state index is 0.487. The molecule has 1 atom stereocenters. The van der Waals surface area contributed by atoms with Gasteiger partial charge in [0.2, 0.25) is 0 Å². The Kier molecular flexibility index (Phi) is 8.94. The van der Waals surface area contributed by atoms with E-state index in [4.69, 9.17) is 11.6 Å². The molecule has 0 aliphatic rings. The molecule has 6 rings (SSSR count). The summed E-state index contributed by atoms with van der Waals surface area (Å²) in [5.74, 6) is 0. The summed E-state index contributed by atoms with van der Waals surface area (Å²) in [7, 11) is -1.40. The van der Waals surface area contributed by atoms with Crippen molar-refractivity contribution in [1.82, 2.24) is 0 Å². The predicted octanol–water partition coefficient (Wildman–Crippen LogP) is 9.28. The number of alkyl halides is 1. The van der Waals surface area contributed by atoms with E-state index >= 15 is 0 Å². The third kappa shape index (κ3) is 6.17. The van der Waals surface area contributed by atoms with Crippen LogP contribution in [0.25, 0.3) is 10.8 Å². The van der Waals surface area contributed by atoms with Gasteiger partial charge in [-0.15, -0.1) is 11.6 Å². The molecule has 0 aromatic heterocycles. The van der Waals surface area contributed by atoms with Gasteiger partial charge >= 0.3 is 0 Å². The van der Waals surface area contributed by atoms with Crippen molar-refractivity contribution in [3.8, 4) is 0 Å². The van der Waals surface area contributed by atoms with Gasteiger partial charge in [0, 0.05) is 0 Å². The maximum absolute atomic E-state index is 8.19. The molecule has 3 heteroatoms. The van der Waals surface area contributed by atoms with E-state index in [1.807, 2.05) is 0 Å². The van der Waals surface area contributed by atoms with E-state index in [2.05, 4.69) is 164 Å². The smallest absolute Gasteiger partial charge is 0.0975 e. The molecular formula is C38H33ClP2. The second kappa shape index (κ2) is 13.1. The first-order valence-corrected chi connectivity index (χ1v) is 17.4. The fraction of sp³-hybridized carbons (Fsp3) is 0.105. The first kappa shape index (κ1) is 27.9. The monoisotopic (exact) mass is 586 g/mol. The normalized spacial score (nSPS) is 13.0. The van der Waals surface area contributed by atoms with Gasteiger partial charge < -0.3 is 0 Å². The molecule has 6 aromatic rings. The van der Waals surface area contributed by atoms with Crippen LogP contribution in [-0.4, -0.2) is 6.16 Å². The van der Waals surface area contributed by atoms with Crippen LogP contribution in [0, 0.1) is 0 Å². The van der Waals surface area contributed by atoms with Crippen LogP contribution < -0.4 is 21.2 Å². The van der Waals surface area contributed by atoms with Gasteiger partial charge in [-0.2, -0.15) is 0 Å². The van der Waals surface area contributed by atoms with Gasteiger partial charge in [-0.25, -0.2) is 0 Å². The number of benzene rings is 6. The number of hydrogen-bond donors (Lipinski definition) is 0. The van der Waals surface area contributed by atoms with Crippen molar-refractivity contribution in [3.63, 3.8) is 0 Å². The maximum atomic E-state index is 8.19. The van der Waals surface area contributed by atoms with Crippen molar-refractivity contribution >= 4 is 59.4 Å². The lowest BCUT2D eigenvalue weighted by Crippen LogP contribution is -2.29. The summed E-state index contributed by atoms with van der Waals surface area (Å²) in [6, 6.07) is 59.3. The second-order valence-electron chi connectivity index (χ2n) is 10.2. The molecule has 0 aliphatic heterocycles. The van der Waals surface area contributed by atoms with E-state index in [9.17, 15) is 0 Å². The zero-order valence-corrected chi connectivity index (χ0v) is 25.5. The maximum Gasteiger partial charge on any atom is 0.0975 e.